The Labute approximate surface area is 84.2 Å². The molecule has 7 heteroatoms. The average Bonchev–Trinajstić information content (AvgIpc) is 2.53. The largest absolute Gasteiger partial charge is 0.440 e. The zero-order valence-corrected chi connectivity index (χ0v) is 8.03. The van der Waals surface area contributed by atoms with E-state index in [1.165, 1.54) is 0 Å². The van der Waals surface area contributed by atoms with Crippen LogP contribution in [-0.4, -0.2) is 34.5 Å². The highest BCUT2D eigenvalue weighted by atomic mass is 32.1. The molecule has 0 fully saturated rings. The molecular formula is C7H10N2O4S. The number of aliphatic hydroxyl groups is 2. The molecule has 3 N–H and O–H groups in total. The van der Waals surface area contributed by atoms with Crippen molar-refractivity contribution in [3.8, 4) is 5.19 Å². The molecule has 14 heavy (non-hydrogen) atoms. The molecule has 78 valence electrons. The zero-order valence-electron chi connectivity index (χ0n) is 7.21. The molecule has 1 rings (SSSR count). The van der Waals surface area contributed by atoms with Crippen molar-refractivity contribution in [2.45, 2.75) is 12.7 Å². The van der Waals surface area contributed by atoms with Crippen molar-refractivity contribution in [3.05, 3.63) is 5.38 Å². The van der Waals surface area contributed by atoms with Crippen molar-refractivity contribution in [1.82, 2.24) is 4.98 Å². The van der Waals surface area contributed by atoms with Gasteiger partial charge in [0.05, 0.1) is 0 Å². The second-order valence-electron chi connectivity index (χ2n) is 2.35. The van der Waals surface area contributed by atoms with E-state index in [1.54, 1.807) is 5.38 Å². The van der Waals surface area contributed by atoms with Gasteiger partial charge in [-0.15, -0.1) is 0 Å². The third-order valence-electron chi connectivity index (χ3n) is 1.30. The summed E-state index contributed by atoms with van der Waals surface area (Å²) in [6.07, 6.45) is -0.450. The van der Waals surface area contributed by atoms with Gasteiger partial charge in [0.1, 0.15) is 5.82 Å². The van der Waals surface area contributed by atoms with E-state index in [0.29, 0.717) is 12.2 Å². The molecule has 1 heterocycles. The van der Waals surface area contributed by atoms with Crippen molar-refractivity contribution in [2.24, 2.45) is 0 Å². The number of aromatic nitrogens is 1. The van der Waals surface area contributed by atoms with Gasteiger partial charge in [0.2, 0.25) is 12.7 Å². The highest BCUT2D eigenvalue weighted by Gasteiger charge is 2.08. The second kappa shape index (κ2) is 5.53. The van der Waals surface area contributed by atoms with Gasteiger partial charge in [-0.05, 0) is 0 Å². The molecule has 0 spiro atoms. The van der Waals surface area contributed by atoms with Crippen LogP contribution in [0.1, 0.15) is 6.42 Å². The number of hydrogen-bond donors (Lipinski definition) is 3. The molecule has 0 saturated heterocycles. The lowest BCUT2D eigenvalue weighted by Gasteiger charge is -2.08. The minimum Gasteiger partial charge on any atom is -0.440 e. The Bertz CT molecular complexity index is 291. The number of ether oxygens (including phenoxy) is 1. The van der Waals surface area contributed by atoms with Gasteiger partial charge < -0.3 is 20.3 Å². The number of nitrogens with one attached hydrogen (secondary N) is 1. The lowest BCUT2D eigenvalue weighted by molar-refractivity contribution is -0.105. The van der Waals surface area contributed by atoms with Crippen molar-refractivity contribution in [2.75, 3.05) is 11.9 Å². The summed E-state index contributed by atoms with van der Waals surface area (Å²) in [4.78, 5) is 13.9. The van der Waals surface area contributed by atoms with Crippen LogP contribution in [0.25, 0.3) is 0 Å². The quantitative estimate of drug-likeness (QED) is 0.454. The van der Waals surface area contributed by atoms with Crippen LogP contribution in [0.3, 0.4) is 0 Å². The number of rotatable bonds is 6. The van der Waals surface area contributed by atoms with E-state index in [0.717, 1.165) is 11.3 Å². The molecule has 0 bridgehead atoms. The van der Waals surface area contributed by atoms with Gasteiger partial charge in [0.15, 0.2) is 0 Å². The van der Waals surface area contributed by atoms with Gasteiger partial charge in [0.25, 0.3) is 5.19 Å². The molecule has 0 aliphatic rings. The fraction of sp³-hybridized carbons (Fsp3) is 0.429. The number of amides is 1. The third-order valence-corrected chi connectivity index (χ3v) is 2.03. The monoisotopic (exact) mass is 218 g/mol. The zero-order chi connectivity index (χ0) is 10.4. The summed E-state index contributed by atoms with van der Waals surface area (Å²) in [5.41, 5.74) is 0. The molecule has 0 aliphatic heterocycles. The summed E-state index contributed by atoms with van der Waals surface area (Å²) in [6.45, 7) is -0.161. The predicted octanol–water partition coefficient (Wildman–Crippen LogP) is -0.209. The maximum atomic E-state index is 10.0. The summed E-state index contributed by atoms with van der Waals surface area (Å²) in [5, 5.41) is 21.8. The van der Waals surface area contributed by atoms with Crippen molar-refractivity contribution in [3.63, 3.8) is 0 Å². The molecule has 0 saturated carbocycles. The highest BCUT2D eigenvalue weighted by molar-refractivity contribution is 7.11. The van der Waals surface area contributed by atoms with Gasteiger partial charge in [-0.2, -0.15) is 4.98 Å². The number of aliphatic hydroxyl groups excluding tert-OH is 2. The van der Waals surface area contributed by atoms with Crippen LogP contribution in [0.5, 0.6) is 5.19 Å². The molecule has 1 aromatic heterocycles. The third kappa shape index (κ3) is 3.29. The number of anilines is 1. The topological polar surface area (TPSA) is 91.7 Å². The minimum atomic E-state index is -1.07. The lowest BCUT2D eigenvalue weighted by Crippen LogP contribution is -2.16. The SMILES string of the molecule is O=CNc1csc(OC(O)CCO)n1. The first-order chi connectivity index (χ1) is 6.76. The fourth-order valence-electron chi connectivity index (χ4n) is 0.724. The fourth-order valence-corrected chi connectivity index (χ4v) is 1.37. The smallest absolute Gasteiger partial charge is 0.277 e. The van der Waals surface area contributed by atoms with Crippen molar-refractivity contribution in [1.29, 1.82) is 0 Å². The van der Waals surface area contributed by atoms with Gasteiger partial charge in [-0.3, -0.25) is 4.79 Å². The number of hydrogen-bond acceptors (Lipinski definition) is 6. The van der Waals surface area contributed by atoms with Crippen molar-refractivity contribution >= 4 is 23.6 Å². The van der Waals surface area contributed by atoms with Crippen LogP contribution in [0.4, 0.5) is 5.82 Å². The van der Waals surface area contributed by atoms with E-state index in [1.807, 2.05) is 0 Å². The first-order valence-corrected chi connectivity index (χ1v) is 4.75. The van der Waals surface area contributed by atoms with E-state index in [9.17, 15) is 4.79 Å². The maximum Gasteiger partial charge on any atom is 0.277 e. The van der Waals surface area contributed by atoms with E-state index in [-0.39, 0.29) is 18.2 Å². The Morgan fingerprint density at radius 2 is 2.57 bits per heavy atom. The molecule has 6 nitrogen and oxygen atoms in total. The summed E-state index contributed by atoms with van der Waals surface area (Å²) < 4.78 is 4.93. The number of thiazole rings is 1. The Balaban J connectivity index is 2.46. The number of carbonyl (C=O) groups is 1. The summed E-state index contributed by atoms with van der Waals surface area (Å²) in [5.74, 6) is 0.371. The molecule has 1 amide bonds. The van der Waals surface area contributed by atoms with Crippen LogP contribution >= 0.6 is 11.3 Å². The van der Waals surface area contributed by atoms with Gasteiger partial charge in [-0.1, -0.05) is 11.3 Å². The molecule has 0 aliphatic carbocycles. The van der Waals surface area contributed by atoms with Crippen LogP contribution in [0, 0.1) is 0 Å². The van der Waals surface area contributed by atoms with Crippen LogP contribution in [0.2, 0.25) is 0 Å². The number of nitrogens with zero attached hydrogens (tertiary/aromatic N) is 1. The minimum absolute atomic E-state index is 0.121. The molecular weight excluding hydrogens is 208 g/mol. The Hall–Kier alpha value is -1.18. The lowest BCUT2D eigenvalue weighted by atomic mass is 10.4. The van der Waals surface area contributed by atoms with Gasteiger partial charge >= 0.3 is 0 Å². The van der Waals surface area contributed by atoms with Gasteiger partial charge in [0, 0.05) is 18.4 Å². The normalized spacial score (nSPS) is 12.1. The van der Waals surface area contributed by atoms with Gasteiger partial charge in [-0.25, -0.2) is 0 Å². The summed E-state index contributed by atoms with van der Waals surface area (Å²) in [6, 6.07) is 0. The van der Waals surface area contributed by atoms with E-state index in [2.05, 4.69) is 10.3 Å². The molecule has 1 atom stereocenters. The Kier molecular flexibility index (Phi) is 4.30. The molecule has 0 aromatic carbocycles. The van der Waals surface area contributed by atoms with Crippen molar-refractivity contribution < 1.29 is 19.7 Å². The van der Waals surface area contributed by atoms with Crippen LogP contribution in [-0.2, 0) is 4.79 Å². The number of carbonyl (C=O) groups excluding carboxylic acids is 1. The molecule has 1 aromatic rings. The Morgan fingerprint density at radius 3 is 3.21 bits per heavy atom. The molecule has 1 unspecified atom stereocenters. The average molecular weight is 218 g/mol. The second-order valence-corrected chi connectivity index (χ2v) is 3.17. The van der Waals surface area contributed by atoms with E-state index in [4.69, 9.17) is 14.9 Å². The Morgan fingerprint density at radius 1 is 1.79 bits per heavy atom. The van der Waals surface area contributed by atoms with Crippen LogP contribution < -0.4 is 10.1 Å². The maximum absolute atomic E-state index is 10.0. The van der Waals surface area contributed by atoms with E-state index < -0.39 is 6.29 Å². The first kappa shape index (κ1) is 10.9. The summed E-state index contributed by atoms with van der Waals surface area (Å²) in [7, 11) is 0. The first-order valence-electron chi connectivity index (χ1n) is 3.87. The van der Waals surface area contributed by atoms with Crippen LogP contribution in [0.15, 0.2) is 5.38 Å². The molecule has 0 radical (unpaired) electrons. The summed E-state index contributed by atoms with van der Waals surface area (Å²) >= 11 is 1.15. The van der Waals surface area contributed by atoms with E-state index >= 15 is 0 Å². The predicted molar refractivity (Wildman–Crippen MR) is 50.1 cm³/mol. The standard InChI is InChI=1S/C7H10N2O4S/c10-2-1-6(12)13-7-9-5(3-14-7)8-4-11/h3-4,6,10,12H,1-2H2,(H,8,11). The highest BCUT2D eigenvalue weighted by Crippen LogP contribution is 2.22.